The minimum Gasteiger partial charge on any atom is -0.261 e. The lowest BCUT2D eigenvalue weighted by molar-refractivity contribution is 0.940. The molecule has 0 aromatic carbocycles. The van der Waals surface area contributed by atoms with Gasteiger partial charge < -0.3 is 0 Å². The van der Waals surface area contributed by atoms with E-state index in [9.17, 15) is 9.59 Å². The Labute approximate surface area is 85.7 Å². The van der Waals surface area contributed by atoms with E-state index in [0.717, 1.165) is 4.57 Å². The molecule has 2 heterocycles. The first-order valence-corrected chi connectivity index (χ1v) is 4.48. The Hall–Kier alpha value is -1.63. The zero-order valence-corrected chi connectivity index (χ0v) is 8.41. The number of nitrogens with one attached hydrogen (secondary N) is 2. The fourth-order valence-corrected chi connectivity index (χ4v) is 1.42. The standard InChI is InChI=1S/C7H5BrN4O2/c8-4-1-5(3-9-2-4)12-6(13)10-11-7(12)14/h1-3H,(H,10,13)(H,11,14). The number of halogens is 1. The summed E-state index contributed by atoms with van der Waals surface area (Å²) in [7, 11) is 0. The van der Waals surface area contributed by atoms with E-state index in [4.69, 9.17) is 0 Å². The van der Waals surface area contributed by atoms with Crippen LogP contribution >= 0.6 is 15.9 Å². The average Bonchev–Trinajstić information content (AvgIpc) is 2.46. The van der Waals surface area contributed by atoms with Crippen molar-refractivity contribution in [3.8, 4) is 5.69 Å². The van der Waals surface area contributed by atoms with E-state index in [1.807, 2.05) is 0 Å². The molecule has 2 aromatic heterocycles. The number of aromatic nitrogens is 4. The van der Waals surface area contributed by atoms with Gasteiger partial charge in [0.2, 0.25) is 0 Å². The van der Waals surface area contributed by atoms with Crippen LogP contribution in [0.3, 0.4) is 0 Å². The molecular formula is C7H5BrN4O2. The number of pyridine rings is 1. The molecule has 0 fully saturated rings. The van der Waals surface area contributed by atoms with Gasteiger partial charge in [0.25, 0.3) is 0 Å². The predicted octanol–water partition coefficient (Wildman–Crippen LogP) is 0.0114. The summed E-state index contributed by atoms with van der Waals surface area (Å²) in [5.74, 6) is 0. The molecule has 72 valence electrons. The zero-order valence-electron chi connectivity index (χ0n) is 6.82. The van der Waals surface area contributed by atoms with Gasteiger partial charge in [0, 0.05) is 10.7 Å². The Bertz CT molecular complexity index is 540. The Balaban J connectivity index is 2.72. The van der Waals surface area contributed by atoms with E-state index in [2.05, 4.69) is 31.1 Å². The monoisotopic (exact) mass is 256 g/mol. The molecule has 0 atom stereocenters. The van der Waals surface area contributed by atoms with Gasteiger partial charge in [0.15, 0.2) is 0 Å². The minimum atomic E-state index is -0.519. The highest BCUT2D eigenvalue weighted by atomic mass is 79.9. The largest absolute Gasteiger partial charge is 0.349 e. The smallest absolute Gasteiger partial charge is 0.261 e. The maximum atomic E-state index is 11.2. The topological polar surface area (TPSA) is 83.5 Å². The van der Waals surface area contributed by atoms with Crippen LogP contribution in [0.15, 0.2) is 32.5 Å². The highest BCUT2D eigenvalue weighted by Gasteiger charge is 2.05. The molecular weight excluding hydrogens is 252 g/mol. The van der Waals surface area contributed by atoms with Gasteiger partial charge in [0.1, 0.15) is 0 Å². The summed E-state index contributed by atoms with van der Waals surface area (Å²) >= 11 is 3.20. The number of aromatic amines is 2. The summed E-state index contributed by atoms with van der Waals surface area (Å²) in [6, 6.07) is 1.62. The summed E-state index contributed by atoms with van der Waals surface area (Å²) in [5.41, 5.74) is -0.628. The first-order chi connectivity index (χ1) is 6.68. The molecule has 0 saturated carbocycles. The Kier molecular flexibility index (Phi) is 2.08. The van der Waals surface area contributed by atoms with Crippen molar-refractivity contribution in [2.24, 2.45) is 0 Å². The Morgan fingerprint density at radius 3 is 2.43 bits per heavy atom. The summed E-state index contributed by atoms with van der Waals surface area (Å²) < 4.78 is 1.65. The molecule has 2 N–H and O–H groups in total. The van der Waals surface area contributed by atoms with Crippen molar-refractivity contribution in [1.82, 2.24) is 19.7 Å². The second-order valence-electron chi connectivity index (χ2n) is 2.56. The summed E-state index contributed by atoms with van der Waals surface area (Å²) in [6.07, 6.45) is 2.99. The third-order valence-corrected chi connectivity index (χ3v) is 2.06. The van der Waals surface area contributed by atoms with Gasteiger partial charge in [-0.2, -0.15) is 0 Å². The van der Waals surface area contributed by atoms with Crippen molar-refractivity contribution in [3.05, 3.63) is 43.9 Å². The van der Waals surface area contributed by atoms with Crippen LogP contribution in [0.5, 0.6) is 0 Å². The van der Waals surface area contributed by atoms with Crippen LogP contribution in [0.2, 0.25) is 0 Å². The number of rotatable bonds is 1. The minimum absolute atomic E-state index is 0.409. The molecule has 0 aliphatic rings. The molecule has 0 unspecified atom stereocenters. The van der Waals surface area contributed by atoms with Gasteiger partial charge in [-0.25, -0.2) is 24.4 Å². The van der Waals surface area contributed by atoms with Gasteiger partial charge in [-0.15, -0.1) is 0 Å². The lowest BCUT2D eigenvalue weighted by atomic mass is 10.4. The maximum absolute atomic E-state index is 11.2. The van der Waals surface area contributed by atoms with Crippen LogP contribution in [0.1, 0.15) is 0 Å². The number of hydrogen-bond acceptors (Lipinski definition) is 3. The molecule has 0 bridgehead atoms. The van der Waals surface area contributed by atoms with Crippen LogP contribution in [0.25, 0.3) is 5.69 Å². The van der Waals surface area contributed by atoms with Gasteiger partial charge in [-0.3, -0.25) is 4.98 Å². The number of nitrogens with zero attached hydrogens (tertiary/aromatic N) is 2. The summed E-state index contributed by atoms with van der Waals surface area (Å²) in [4.78, 5) is 26.2. The third kappa shape index (κ3) is 1.41. The summed E-state index contributed by atoms with van der Waals surface area (Å²) in [6.45, 7) is 0. The predicted molar refractivity (Wildman–Crippen MR) is 52.5 cm³/mol. The van der Waals surface area contributed by atoms with E-state index >= 15 is 0 Å². The molecule has 0 aliphatic carbocycles. The van der Waals surface area contributed by atoms with Crippen molar-refractivity contribution < 1.29 is 0 Å². The fourth-order valence-electron chi connectivity index (χ4n) is 1.07. The van der Waals surface area contributed by atoms with Crippen molar-refractivity contribution >= 4 is 15.9 Å². The molecule has 0 saturated heterocycles. The van der Waals surface area contributed by atoms with Gasteiger partial charge >= 0.3 is 11.4 Å². The van der Waals surface area contributed by atoms with E-state index in [-0.39, 0.29) is 0 Å². The molecule has 0 spiro atoms. The second-order valence-corrected chi connectivity index (χ2v) is 3.47. The van der Waals surface area contributed by atoms with Crippen molar-refractivity contribution in [3.63, 3.8) is 0 Å². The van der Waals surface area contributed by atoms with Crippen molar-refractivity contribution in [2.75, 3.05) is 0 Å². The lowest BCUT2D eigenvalue weighted by Gasteiger charge is -1.97. The van der Waals surface area contributed by atoms with Crippen LogP contribution in [-0.4, -0.2) is 19.7 Å². The quantitative estimate of drug-likeness (QED) is 0.754. The highest BCUT2D eigenvalue weighted by molar-refractivity contribution is 9.10. The maximum Gasteiger partial charge on any atom is 0.349 e. The number of H-pyrrole nitrogens is 2. The molecule has 14 heavy (non-hydrogen) atoms. The van der Waals surface area contributed by atoms with Crippen LogP contribution in [-0.2, 0) is 0 Å². The first-order valence-electron chi connectivity index (χ1n) is 3.69. The third-order valence-electron chi connectivity index (χ3n) is 1.63. The van der Waals surface area contributed by atoms with Crippen molar-refractivity contribution in [2.45, 2.75) is 0 Å². The Morgan fingerprint density at radius 2 is 1.86 bits per heavy atom. The van der Waals surface area contributed by atoms with Crippen LogP contribution in [0.4, 0.5) is 0 Å². The van der Waals surface area contributed by atoms with E-state index in [0.29, 0.717) is 10.2 Å². The average molecular weight is 257 g/mol. The van der Waals surface area contributed by atoms with E-state index in [1.165, 1.54) is 6.20 Å². The molecule has 2 rings (SSSR count). The molecule has 0 aliphatic heterocycles. The molecule has 7 heteroatoms. The van der Waals surface area contributed by atoms with Gasteiger partial charge in [-0.05, 0) is 22.0 Å². The van der Waals surface area contributed by atoms with E-state index < -0.39 is 11.4 Å². The second kappa shape index (κ2) is 3.26. The van der Waals surface area contributed by atoms with Crippen LogP contribution in [0, 0.1) is 0 Å². The van der Waals surface area contributed by atoms with Gasteiger partial charge in [0.05, 0.1) is 11.9 Å². The molecule has 0 radical (unpaired) electrons. The zero-order chi connectivity index (χ0) is 10.1. The lowest BCUT2D eigenvalue weighted by Crippen LogP contribution is -2.24. The Morgan fingerprint density at radius 1 is 1.21 bits per heavy atom. The summed E-state index contributed by atoms with van der Waals surface area (Å²) in [5, 5.41) is 4.36. The number of hydrogen-bond donors (Lipinski definition) is 2. The molecule has 0 amide bonds. The molecule has 2 aromatic rings. The van der Waals surface area contributed by atoms with Crippen molar-refractivity contribution in [1.29, 1.82) is 0 Å². The first kappa shape index (κ1) is 8.95. The molecule has 6 nitrogen and oxygen atoms in total. The fraction of sp³-hybridized carbons (Fsp3) is 0. The van der Waals surface area contributed by atoms with Gasteiger partial charge in [-0.1, -0.05) is 0 Å². The van der Waals surface area contributed by atoms with Crippen LogP contribution < -0.4 is 11.4 Å². The SMILES string of the molecule is O=c1[nH][nH]c(=O)n1-c1cncc(Br)c1. The highest BCUT2D eigenvalue weighted by Crippen LogP contribution is 2.10. The van der Waals surface area contributed by atoms with E-state index in [1.54, 1.807) is 12.3 Å². The normalized spacial score (nSPS) is 10.4.